The molecule has 8 heteroatoms. The number of aryl methyl sites for hydroxylation is 2. The fourth-order valence-electron chi connectivity index (χ4n) is 5.72. The molecule has 2 aromatic rings. The van der Waals surface area contributed by atoms with Gasteiger partial charge >= 0.3 is 0 Å². The summed E-state index contributed by atoms with van der Waals surface area (Å²) in [6.07, 6.45) is -0.0992. The molecule has 0 aromatic heterocycles. The number of nitrogens with two attached hydrogens (primary N) is 2. The van der Waals surface area contributed by atoms with Gasteiger partial charge < -0.3 is 16.4 Å². The van der Waals surface area contributed by atoms with Crippen LogP contribution in [0.3, 0.4) is 0 Å². The fraction of sp³-hybridized carbons (Fsp3) is 0.304. The molecule has 4 atom stereocenters. The zero-order chi connectivity index (χ0) is 22.1. The number of anilines is 2. The van der Waals surface area contributed by atoms with Gasteiger partial charge in [-0.1, -0.05) is 36.4 Å². The lowest BCUT2D eigenvalue weighted by Crippen LogP contribution is -2.99. The highest BCUT2D eigenvalue weighted by atomic mass is 16.2. The van der Waals surface area contributed by atoms with Crippen molar-refractivity contribution in [2.75, 3.05) is 10.2 Å². The number of nitrogens with one attached hydrogen (secondary N) is 1. The number of carbonyl (C=O) groups excluding carboxylic acids is 4. The van der Waals surface area contributed by atoms with E-state index < -0.39 is 35.2 Å². The molecule has 1 spiro atoms. The van der Waals surface area contributed by atoms with Gasteiger partial charge in [0.25, 0.3) is 5.91 Å². The first kappa shape index (κ1) is 19.4. The van der Waals surface area contributed by atoms with Crippen LogP contribution in [-0.4, -0.2) is 29.7 Å². The SMILES string of the molecule is Cc1cccc(C)c1N1C(=O)[C@H]2[C@@H](CC(N)=O)[NH2+][C@]3(C(=O)Nc4ccccc43)[C@H]2C1=O. The van der Waals surface area contributed by atoms with Crippen LogP contribution in [-0.2, 0) is 24.7 Å². The summed E-state index contributed by atoms with van der Waals surface area (Å²) in [5.41, 5.74) is 7.58. The van der Waals surface area contributed by atoms with Crippen LogP contribution in [0.25, 0.3) is 0 Å². The van der Waals surface area contributed by atoms with Crippen LogP contribution in [0.5, 0.6) is 0 Å². The number of benzene rings is 2. The first-order chi connectivity index (χ1) is 14.8. The maximum Gasteiger partial charge on any atom is 0.291 e. The number of amides is 4. The Bertz CT molecular complexity index is 1160. The fourth-order valence-corrected chi connectivity index (χ4v) is 5.72. The van der Waals surface area contributed by atoms with Gasteiger partial charge in [0, 0.05) is 5.56 Å². The number of imide groups is 1. The molecule has 5 N–H and O–H groups in total. The third-order valence-corrected chi connectivity index (χ3v) is 6.88. The van der Waals surface area contributed by atoms with Gasteiger partial charge in [0.2, 0.25) is 23.3 Å². The maximum atomic E-state index is 13.8. The molecule has 2 aromatic carbocycles. The zero-order valence-electron chi connectivity index (χ0n) is 17.2. The van der Waals surface area contributed by atoms with Crippen molar-refractivity contribution in [2.24, 2.45) is 17.6 Å². The second kappa shape index (κ2) is 6.49. The van der Waals surface area contributed by atoms with Gasteiger partial charge in [-0.2, -0.15) is 0 Å². The summed E-state index contributed by atoms with van der Waals surface area (Å²) in [7, 11) is 0. The van der Waals surface area contributed by atoms with Crippen LogP contribution in [0.2, 0.25) is 0 Å². The molecule has 0 aliphatic carbocycles. The quantitative estimate of drug-likeness (QED) is 0.609. The lowest BCUT2D eigenvalue weighted by atomic mass is 9.76. The molecule has 2 fully saturated rings. The van der Waals surface area contributed by atoms with Gasteiger partial charge in [-0.15, -0.1) is 0 Å². The predicted octanol–water partition coefficient (Wildman–Crippen LogP) is 0.0776. The average Bonchev–Trinajstić information content (AvgIpc) is 3.28. The van der Waals surface area contributed by atoms with E-state index >= 15 is 0 Å². The molecule has 3 heterocycles. The normalized spacial score (nSPS) is 28.8. The molecule has 31 heavy (non-hydrogen) atoms. The third kappa shape index (κ3) is 2.45. The van der Waals surface area contributed by atoms with E-state index in [1.807, 2.05) is 32.0 Å². The lowest BCUT2D eigenvalue weighted by molar-refractivity contribution is -0.732. The number of hydrogen-bond donors (Lipinski definition) is 3. The Morgan fingerprint density at radius 3 is 2.42 bits per heavy atom. The monoisotopic (exact) mass is 419 g/mol. The van der Waals surface area contributed by atoms with E-state index in [0.29, 0.717) is 16.9 Å². The summed E-state index contributed by atoms with van der Waals surface area (Å²) in [5, 5.41) is 4.58. The second-order valence-electron chi connectivity index (χ2n) is 8.63. The van der Waals surface area contributed by atoms with Crippen LogP contribution >= 0.6 is 0 Å². The number of carbonyl (C=O) groups is 4. The predicted molar refractivity (Wildman–Crippen MR) is 112 cm³/mol. The first-order valence-corrected chi connectivity index (χ1v) is 10.3. The van der Waals surface area contributed by atoms with E-state index in [1.165, 1.54) is 4.90 Å². The van der Waals surface area contributed by atoms with Crippen LogP contribution in [0, 0.1) is 25.7 Å². The molecule has 8 nitrogen and oxygen atoms in total. The van der Waals surface area contributed by atoms with E-state index in [4.69, 9.17) is 5.73 Å². The number of para-hydroxylation sites is 2. The summed E-state index contributed by atoms with van der Waals surface area (Å²) >= 11 is 0. The molecule has 0 saturated carbocycles. The summed E-state index contributed by atoms with van der Waals surface area (Å²) in [5.74, 6) is -3.47. The van der Waals surface area contributed by atoms with Crippen LogP contribution in [0.15, 0.2) is 42.5 Å². The molecule has 3 aliphatic heterocycles. The van der Waals surface area contributed by atoms with Gasteiger partial charge in [0.1, 0.15) is 17.9 Å². The minimum Gasteiger partial charge on any atom is -0.369 e. The van der Waals surface area contributed by atoms with E-state index in [0.717, 1.165) is 11.1 Å². The molecule has 158 valence electrons. The largest absolute Gasteiger partial charge is 0.369 e. The zero-order valence-corrected chi connectivity index (χ0v) is 17.2. The minimum atomic E-state index is -1.31. The highest BCUT2D eigenvalue weighted by molar-refractivity contribution is 6.25. The standard InChI is InChI=1S/C23H22N4O4/c1-11-6-5-7-12(2)19(11)27-20(29)17-15(10-16(24)28)26-23(18(17)21(27)30)13-8-3-4-9-14(13)25-22(23)31/h3-9,15,17-18,26H,10H2,1-2H3,(H2,24,28)(H,25,31)/p+1/t15-,17+,18-,23+/m1/s1. The smallest absolute Gasteiger partial charge is 0.291 e. The number of hydrogen-bond acceptors (Lipinski definition) is 4. The molecule has 2 saturated heterocycles. The Morgan fingerprint density at radius 1 is 1.06 bits per heavy atom. The Balaban J connectivity index is 1.71. The van der Waals surface area contributed by atoms with Crippen LogP contribution in [0.1, 0.15) is 23.1 Å². The van der Waals surface area contributed by atoms with Crippen LogP contribution in [0.4, 0.5) is 11.4 Å². The molecule has 5 rings (SSSR count). The van der Waals surface area contributed by atoms with E-state index in [2.05, 4.69) is 5.32 Å². The molecule has 3 aliphatic rings. The Morgan fingerprint density at radius 2 is 1.74 bits per heavy atom. The molecule has 0 unspecified atom stereocenters. The summed E-state index contributed by atoms with van der Waals surface area (Å²) < 4.78 is 0. The van der Waals surface area contributed by atoms with Gasteiger partial charge in [0.15, 0.2) is 0 Å². The summed E-state index contributed by atoms with van der Waals surface area (Å²) in [6, 6.07) is 12.1. The molecule has 0 bridgehead atoms. The minimum absolute atomic E-state index is 0.0992. The van der Waals surface area contributed by atoms with Crippen molar-refractivity contribution in [1.82, 2.24) is 0 Å². The average molecular weight is 419 g/mol. The topological polar surface area (TPSA) is 126 Å². The third-order valence-electron chi connectivity index (χ3n) is 6.88. The van der Waals surface area contributed by atoms with Crippen molar-refractivity contribution in [3.8, 4) is 0 Å². The van der Waals surface area contributed by atoms with Gasteiger partial charge in [0.05, 0.1) is 17.8 Å². The van der Waals surface area contributed by atoms with Gasteiger partial charge in [-0.05, 0) is 31.0 Å². The van der Waals surface area contributed by atoms with Gasteiger partial charge in [-0.3, -0.25) is 19.2 Å². The number of primary amides is 1. The number of rotatable bonds is 3. The molecule has 0 radical (unpaired) electrons. The second-order valence-corrected chi connectivity index (χ2v) is 8.63. The highest BCUT2D eigenvalue weighted by Gasteiger charge is 2.74. The van der Waals surface area contributed by atoms with Crippen molar-refractivity contribution in [1.29, 1.82) is 0 Å². The molecule has 4 amide bonds. The summed E-state index contributed by atoms with van der Waals surface area (Å²) in [6.45, 7) is 3.69. The first-order valence-electron chi connectivity index (χ1n) is 10.3. The maximum absolute atomic E-state index is 13.8. The lowest BCUT2D eigenvalue weighted by Gasteiger charge is -2.27. The molecular weight excluding hydrogens is 396 g/mol. The highest BCUT2D eigenvalue weighted by Crippen LogP contribution is 2.50. The van der Waals surface area contributed by atoms with E-state index in [1.54, 1.807) is 29.6 Å². The van der Waals surface area contributed by atoms with Gasteiger partial charge in [-0.25, -0.2) is 4.90 Å². The number of nitrogens with zero attached hydrogens (tertiary/aromatic N) is 1. The van der Waals surface area contributed by atoms with Crippen molar-refractivity contribution in [3.63, 3.8) is 0 Å². The Kier molecular flexibility index (Phi) is 4.07. The number of fused-ring (bicyclic) bond motifs is 4. The van der Waals surface area contributed by atoms with E-state index in [9.17, 15) is 19.2 Å². The summed E-state index contributed by atoms with van der Waals surface area (Å²) in [4.78, 5) is 53.8. The Hall–Kier alpha value is -3.52. The Labute approximate surface area is 178 Å². The van der Waals surface area contributed by atoms with E-state index in [-0.39, 0.29) is 18.2 Å². The van der Waals surface area contributed by atoms with Crippen molar-refractivity contribution < 1.29 is 24.5 Å². The van der Waals surface area contributed by atoms with Crippen molar-refractivity contribution in [2.45, 2.75) is 31.8 Å². The number of quaternary nitrogens is 1. The van der Waals surface area contributed by atoms with Crippen LogP contribution < -0.4 is 21.3 Å². The van der Waals surface area contributed by atoms with Crippen molar-refractivity contribution in [3.05, 3.63) is 59.2 Å². The molecular formula is C23H23N4O4+. The van der Waals surface area contributed by atoms with Crippen molar-refractivity contribution >= 4 is 35.0 Å².